The maximum absolute atomic E-state index is 12.9. The third kappa shape index (κ3) is 3.85. The van der Waals surface area contributed by atoms with Crippen LogP contribution in [0, 0.1) is 0 Å². The summed E-state index contributed by atoms with van der Waals surface area (Å²) in [5.41, 5.74) is 0.676. The molecule has 0 saturated carbocycles. The van der Waals surface area contributed by atoms with E-state index in [0.29, 0.717) is 23.3 Å². The summed E-state index contributed by atoms with van der Waals surface area (Å²) in [5.74, 6) is -0.577. The molecule has 0 aliphatic carbocycles. The molecule has 5 rings (SSSR count). The van der Waals surface area contributed by atoms with Gasteiger partial charge in [-0.15, -0.1) is 4.40 Å². The first-order valence-electron chi connectivity index (χ1n) is 9.93. The van der Waals surface area contributed by atoms with E-state index < -0.39 is 26.0 Å². The average Bonchev–Trinajstić information content (AvgIpc) is 3.42. The fourth-order valence-electron chi connectivity index (χ4n) is 3.75. The SMILES string of the molecule is O=C(Nc1nc2ccc(S(=O)(=O)N3CCCC3)cc2s1)C1=CC=CN2CCS(=O)(=O)N=C12. The van der Waals surface area contributed by atoms with Crippen LogP contribution in [-0.2, 0) is 24.8 Å². The van der Waals surface area contributed by atoms with E-state index in [1.807, 2.05) is 0 Å². The smallest absolute Gasteiger partial charge is 0.261 e. The molecule has 1 aromatic carbocycles. The third-order valence-electron chi connectivity index (χ3n) is 5.39. The summed E-state index contributed by atoms with van der Waals surface area (Å²) in [6.45, 7) is 1.26. The number of nitrogens with one attached hydrogen (secondary N) is 1. The minimum atomic E-state index is -3.62. The first kappa shape index (κ1) is 21.2. The summed E-state index contributed by atoms with van der Waals surface area (Å²) in [7, 11) is -7.18. The van der Waals surface area contributed by atoms with Gasteiger partial charge in [0.1, 0.15) is 0 Å². The van der Waals surface area contributed by atoms with Gasteiger partial charge in [0.2, 0.25) is 10.0 Å². The van der Waals surface area contributed by atoms with E-state index in [1.54, 1.807) is 29.3 Å². The number of benzene rings is 1. The maximum Gasteiger partial charge on any atom is 0.261 e. The van der Waals surface area contributed by atoms with E-state index in [0.717, 1.165) is 24.2 Å². The Morgan fingerprint density at radius 3 is 2.72 bits per heavy atom. The predicted molar refractivity (Wildman–Crippen MR) is 121 cm³/mol. The number of anilines is 1. The molecule has 3 aliphatic rings. The second-order valence-electron chi connectivity index (χ2n) is 7.53. The fraction of sp³-hybridized carbons (Fsp3) is 0.316. The molecule has 4 heterocycles. The fourth-order valence-corrected chi connectivity index (χ4v) is 7.26. The van der Waals surface area contributed by atoms with Crippen molar-refractivity contribution in [3.63, 3.8) is 0 Å². The van der Waals surface area contributed by atoms with E-state index in [2.05, 4.69) is 14.7 Å². The first-order valence-corrected chi connectivity index (χ1v) is 13.8. The predicted octanol–water partition coefficient (Wildman–Crippen LogP) is 1.52. The maximum atomic E-state index is 12.9. The molecule has 0 unspecified atom stereocenters. The number of hydrogen-bond donors (Lipinski definition) is 1. The van der Waals surface area contributed by atoms with Crippen LogP contribution >= 0.6 is 11.3 Å². The summed E-state index contributed by atoms with van der Waals surface area (Å²) in [5, 5.41) is 2.96. The Kier molecular flexibility index (Phi) is 5.15. The number of sulfonamides is 2. The Hall–Kier alpha value is -2.61. The molecule has 0 atom stereocenters. The van der Waals surface area contributed by atoms with Crippen LogP contribution < -0.4 is 5.32 Å². The lowest BCUT2D eigenvalue weighted by atomic mass is 10.1. The average molecular weight is 494 g/mol. The Bertz CT molecular complexity index is 1420. The molecular formula is C19H19N5O5S3. The highest BCUT2D eigenvalue weighted by molar-refractivity contribution is 7.90. The summed E-state index contributed by atoms with van der Waals surface area (Å²) in [4.78, 5) is 19.0. The van der Waals surface area contributed by atoms with Gasteiger partial charge < -0.3 is 4.90 Å². The topological polar surface area (TPSA) is 129 Å². The van der Waals surface area contributed by atoms with Crippen LogP contribution in [0.4, 0.5) is 5.13 Å². The second-order valence-corrected chi connectivity index (χ2v) is 12.3. The number of carbonyl (C=O) groups excluding carboxylic acids is 1. The summed E-state index contributed by atoms with van der Waals surface area (Å²) in [6, 6.07) is 4.71. The molecule has 10 nitrogen and oxygen atoms in total. The van der Waals surface area contributed by atoms with E-state index >= 15 is 0 Å². The molecule has 3 aliphatic heterocycles. The molecule has 13 heteroatoms. The van der Waals surface area contributed by atoms with Gasteiger partial charge >= 0.3 is 0 Å². The van der Waals surface area contributed by atoms with Gasteiger partial charge in [0.05, 0.1) is 26.4 Å². The summed E-state index contributed by atoms with van der Waals surface area (Å²) in [6.07, 6.45) is 6.53. The lowest BCUT2D eigenvalue weighted by Crippen LogP contribution is -2.40. The molecule has 0 radical (unpaired) electrons. The number of carbonyl (C=O) groups is 1. The second kappa shape index (κ2) is 7.76. The molecule has 32 heavy (non-hydrogen) atoms. The highest BCUT2D eigenvalue weighted by Gasteiger charge is 2.31. The van der Waals surface area contributed by atoms with Crippen molar-refractivity contribution in [2.24, 2.45) is 4.40 Å². The highest BCUT2D eigenvalue weighted by Crippen LogP contribution is 2.30. The van der Waals surface area contributed by atoms with Crippen molar-refractivity contribution < 1.29 is 21.6 Å². The van der Waals surface area contributed by atoms with Crippen molar-refractivity contribution in [2.45, 2.75) is 17.7 Å². The van der Waals surface area contributed by atoms with Gasteiger partial charge in [-0.2, -0.15) is 4.31 Å². The van der Waals surface area contributed by atoms with Crippen LogP contribution in [0.25, 0.3) is 10.2 Å². The normalized spacial score (nSPS) is 20.7. The summed E-state index contributed by atoms with van der Waals surface area (Å²) >= 11 is 1.15. The van der Waals surface area contributed by atoms with Crippen molar-refractivity contribution in [1.29, 1.82) is 0 Å². The molecular weight excluding hydrogens is 474 g/mol. The molecule has 2 aromatic rings. The lowest BCUT2D eigenvalue weighted by Gasteiger charge is -2.28. The minimum absolute atomic E-state index is 0.0800. The minimum Gasteiger partial charge on any atom is -0.331 e. The van der Waals surface area contributed by atoms with Gasteiger partial charge in [0, 0.05) is 25.8 Å². The van der Waals surface area contributed by atoms with E-state index in [-0.39, 0.29) is 33.7 Å². The summed E-state index contributed by atoms with van der Waals surface area (Å²) < 4.78 is 55.3. The molecule has 1 N–H and O–H groups in total. The molecule has 1 saturated heterocycles. The van der Waals surface area contributed by atoms with Gasteiger partial charge in [0.25, 0.3) is 15.9 Å². The van der Waals surface area contributed by atoms with Crippen LogP contribution in [0.15, 0.2) is 51.4 Å². The Morgan fingerprint density at radius 2 is 1.94 bits per heavy atom. The van der Waals surface area contributed by atoms with E-state index in [4.69, 9.17) is 0 Å². The van der Waals surface area contributed by atoms with Crippen LogP contribution in [0.3, 0.4) is 0 Å². The number of allylic oxidation sites excluding steroid dienone is 2. The third-order valence-corrected chi connectivity index (χ3v) is 9.36. The number of fused-ring (bicyclic) bond motifs is 2. The number of nitrogens with zero attached hydrogens (tertiary/aromatic N) is 4. The van der Waals surface area contributed by atoms with Crippen molar-refractivity contribution in [3.05, 3.63) is 42.1 Å². The first-order chi connectivity index (χ1) is 15.2. The number of aromatic nitrogens is 1. The molecule has 1 fully saturated rings. The largest absolute Gasteiger partial charge is 0.331 e. The Labute approximate surface area is 189 Å². The van der Waals surface area contributed by atoms with Crippen molar-refractivity contribution in [3.8, 4) is 0 Å². The van der Waals surface area contributed by atoms with Gasteiger partial charge in [-0.3, -0.25) is 10.1 Å². The number of amidine groups is 1. The standard InChI is InChI=1S/C19H19N5O5S3/c25-18(14-4-3-7-23-10-11-31(26,27)22-17(14)23)21-19-20-15-6-5-13(12-16(15)30-19)32(28,29)24-8-1-2-9-24/h3-7,12H,1-2,8-11H2,(H,20,21,25). The van der Waals surface area contributed by atoms with Crippen LogP contribution in [0.1, 0.15) is 12.8 Å². The number of thiazole rings is 1. The number of rotatable bonds is 4. The molecule has 0 bridgehead atoms. The van der Waals surface area contributed by atoms with Gasteiger partial charge in [0.15, 0.2) is 11.0 Å². The van der Waals surface area contributed by atoms with Gasteiger partial charge in [-0.1, -0.05) is 11.3 Å². The lowest BCUT2D eigenvalue weighted by molar-refractivity contribution is -0.112. The zero-order valence-electron chi connectivity index (χ0n) is 16.8. The molecule has 0 spiro atoms. The van der Waals surface area contributed by atoms with Crippen molar-refractivity contribution in [2.75, 3.05) is 30.7 Å². The Balaban J connectivity index is 1.41. The zero-order valence-corrected chi connectivity index (χ0v) is 19.2. The Morgan fingerprint density at radius 1 is 1.16 bits per heavy atom. The quantitative estimate of drug-likeness (QED) is 0.684. The van der Waals surface area contributed by atoms with Crippen molar-refractivity contribution in [1.82, 2.24) is 14.2 Å². The number of amides is 1. The van der Waals surface area contributed by atoms with Crippen LogP contribution in [-0.4, -0.2) is 68.2 Å². The van der Waals surface area contributed by atoms with E-state index in [1.165, 1.54) is 16.4 Å². The molecule has 168 valence electrons. The molecule has 1 aromatic heterocycles. The van der Waals surface area contributed by atoms with Crippen LogP contribution in [0.2, 0.25) is 0 Å². The van der Waals surface area contributed by atoms with Crippen LogP contribution in [0.5, 0.6) is 0 Å². The highest BCUT2D eigenvalue weighted by atomic mass is 32.2. The monoisotopic (exact) mass is 493 g/mol. The molecule has 1 amide bonds. The van der Waals surface area contributed by atoms with Gasteiger partial charge in [-0.05, 0) is 43.2 Å². The van der Waals surface area contributed by atoms with Crippen molar-refractivity contribution >= 4 is 58.5 Å². The number of hydrogen-bond acceptors (Lipinski definition) is 8. The van der Waals surface area contributed by atoms with E-state index in [9.17, 15) is 21.6 Å². The van der Waals surface area contributed by atoms with Gasteiger partial charge in [-0.25, -0.2) is 21.8 Å². The zero-order chi connectivity index (χ0) is 22.5.